The van der Waals surface area contributed by atoms with Gasteiger partial charge in [0.05, 0.1) is 20.6 Å². The molecule has 0 aromatic heterocycles. The van der Waals surface area contributed by atoms with Crippen LogP contribution < -0.4 is 4.90 Å². The van der Waals surface area contributed by atoms with E-state index in [-0.39, 0.29) is 16.9 Å². The Balaban J connectivity index is 2.30. The molecular weight excluding hydrogens is 386 g/mol. The van der Waals surface area contributed by atoms with E-state index in [4.69, 9.17) is 0 Å². The maximum Gasteiger partial charge on any atom is 0.272 e. The fourth-order valence-electron chi connectivity index (χ4n) is 2.30. The van der Waals surface area contributed by atoms with E-state index in [9.17, 15) is 15.4 Å². The van der Waals surface area contributed by atoms with E-state index in [1.165, 1.54) is 12.1 Å². The molecule has 0 aliphatic heterocycles. The van der Waals surface area contributed by atoms with Gasteiger partial charge in [0.25, 0.3) is 5.69 Å². The van der Waals surface area contributed by atoms with Gasteiger partial charge in [-0.15, -0.1) is 5.11 Å². The third-order valence-corrected chi connectivity index (χ3v) is 4.23. The lowest BCUT2D eigenvalue weighted by molar-refractivity contribution is -0.384. The van der Waals surface area contributed by atoms with Gasteiger partial charge in [-0.25, -0.2) is 0 Å². The van der Waals surface area contributed by atoms with Crippen LogP contribution in [0.4, 0.5) is 22.7 Å². The Morgan fingerprint density at radius 1 is 1.20 bits per heavy atom. The van der Waals surface area contributed by atoms with Crippen LogP contribution in [0.25, 0.3) is 0 Å². The molecule has 0 bridgehead atoms. The second-order valence-electron chi connectivity index (χ2n) is 5.08. The molecule has 0 spiro atoms. The number of nitro benzene ring substituents is 1. The zero-order chi connectivity index (χ0) is 18.4. The van der Waals surface area contributed by atoms with Crippen LogP contribution in [0.15, 0.2) is 51.1 Å². The van der Waals surface area contributed by atoms with Crippen LogP contribution in [0.2, 0.25) is 0 Å². The number of nitriles is 1. The standard InChI is InChI=1S/C17H16BrN5O2/c1-3-22(4-2)14-7-5-13(6-8-14)20-21-17-12(11-19)9-15(23(24)25)10-16(17)18/h5-10H,3-4H2,1-2H3. The number of hydrogen-bond acceptors (Lipinski definition) is 6. The summed E-state index contributed by atoms with van der Waals surface area (Å²) in [5.41, 5.74) is 1.90. The second-order valence-corrected chi connectivity index (χ2v) is 5.94. The number of azo groups is 1. The minimum absolute atomic E-state index is 0.0876. The summed E-state index contributed by atoms with van der Waals surface area (Å²) in [7, 11) is 0. The van der Waals surface area contributed by atoms with Crippen molar-refractivity contribution >= 4 is 38.7 Å². The molecule has 0 amide bonds. The SMILES string of the molecule is CCN(CC)c1ccc(N=Nc2c(Br)cc([N+](=O)[O-])cc2C#N)cc1. The van der Waals surface area contributed by atoms with Crippen molar-refractivity contribution in [2.45, 2.75) is 13.8 Å². The summed E-state index contributed by atoms with van der Waals surface area (Å²) < 4.78 is 0.349. The number of non-ortho nitro benzene ring substituents is 1. The van der Waals surface area contributed by atoms with Crippen LogP contribution in [0.5, 0.6) is 0 Å². The van der Waals surface area contributed by atoms with Crippen LogP contribution in [0.1, 0.15) is 19.4 Å². The minimum atomic E-state index is -0.557. The molecule has 0 N–H and O–H groups in total. The molecule has 0 atom stereocenters. The summed E-state index contributed by atoms with van der Waals surface area (Å²) in [6, 6.07) is 12.0. The predicted molar refractivity (Wildman–Crippen MR) is 99.7 cm³/mol. The molecule has 2 rings (SSSR count). The van der Waals surface area contributed by atoms with Gasteiger partial charge in [-0.05, 0) is 54.0 Å². The lowest BCUT2D eigenvalue weighted by Gasteiger charge is -2.20. The number of hydrogen-bond donors (Lipinski definition) is 0. The first-order chi connectivity index (χ1) is 12.0. The van der Waals surface area contributed by atoms with Gasteiger partial charge in [-0.1, -0.05) is 0 Å². The quantitative estimate of drug-likeness (QED) is 0.363. The van der Waals surface area contributed by atoms with Crippen LogP contribution in [-0.2, 0) is 0 Å². The zero-order valence-electron chi connectivity index (χ0n) is 13.8. The van der Waals surface area contributed by atoms with Crippen LogP contribution >= 0.6 is 15.9 Å². The van der Waals surface area contributed by atoms with Crippen molar-refractivity contribution in [2.75, 3.05) is 18.0 Å². The number of nitro groups is 1. The largest absolute Gasteiger partial charge is 0.372 e. The van der Waals surface area contributed by atoms with Crippen molar-refractivity contribution in [2.24, 2.45) is 10.2 Å². The van der Waals surface area contributed by atoms with Crippen molar-refractivity contribution < 1.29 is 4.92 Å². The average molecular weight is 402 g/mol. The van der Waals surface area contributed by atoms with Gasteiger partial charge < -0.3 is 4.90 Å². The van der Waals surface area contributed by atoms with Crippen LogP contribution in [0, 0.1) is 21.4 Å². The first kappa shape index (κ1) is 18.5. The number of anilines is 1. The highest BCUT2D eigenvalue weighted by Gasteiger charge is 2.15. The van der Waals surface area contributed by atoms with Crippen molar-refractivity contribution in [3.8, 4) is 6.07 Å². The molecular formula is C17H16BrN5O2. The molecule has 0 fully saturated rings. The molecule has 0 aliphatic carbocycles. The van der Waals surface area contributed by atoms with Gasteiger partial charge in [0.2, 0.25) is 0 Å². The number of nitrogens with zero attached hydrogens (tertiary/aromatic N) is 5. The topological polar surface area (TPSA) is 94.9 Å². The molecule has 0 saturated heterocycles. The summed E-state index contributed by atoms with van der Waals surface area (Å²) in [5, 5.41) is 28.3. The summed E-state index contributed by atoms with van der Waals surface area (Å²) in [6.45, 7) is 6.01. The van der Waals surface area contributed by atoms with Crippen LogP contribution in [0.3, 0.4) is 0 Å². The fraction of sp³-hybridized carbons (Fsp3) is 0.235. The number of halogens is 1. The Labute approximate surface area is 153 Å². The van der Waals surface area contributed by atoms with E-state index >= 15 is 0 Å². The van der Waals surface area contributed by atoms with Crippen molar-refractivity contribution in [1.29, 1.82) is 5.26 Å². The molecule has 0 unspecified atom stereocenters. The van der Waals surface area contributed by atoms with Gasteiger partial charge in [0.15, 0.2) is 0 Å². The smallest absolute Gasteiger partial charge is 0.272 e. The van der Waals surface area contributed by atoms with Gasteiger partial charge >= 0.3 is 0 Å². The molecule has 0 radical (unpaired) electrons. The highest BCUT2D eigenvalue weighted by Crippen LogP contribution is 2.34. The maximum atomic E-state index is 10.9. The molecule has 0 heterocycles. The Kier molecular flexibility index (Phi) is 6.19. The summed E-state index contributed by atoms with van der Waals surface area (Å²) in [6.07, 6.45) is 0. The Morgan fingerprint density at radius 2 is 1.84 bits per heavy atom. The minimum Gasteiger partial charge on any atom is -0.372 e. The zero-order valence-corrected chi connectivity index (χ0v) is 15.4. The number of rotatable bonds is 6. The lowest BCUT2D eigenvalue weighted by atomic mass is 10.2. The summed E-state index contributed by atoms with van der Waals surface area (Å²) in [4.78, 5) is 12.5. The predicted octanol–water partition coefficient (Wildman–Crippen LogP) is 5.49. The average Bonchev–Trinajstić information content (AvgIpc) is 2.62. The Hall–Kier alpha value is -2.79. The molecule has 2 aromatic rings. The third kappa shape index (κ3) is 4.39. The lowest BCUT2D eigenvalue weighted by Crippen LogP contribution is -2.21. The molecule has 0 saturated carbocycles. The number of benzene rings is 2. The van der Waals surface area contributed by atoms with E-state index < -0.39 is 4.92 Å². The van der Waals surface area contributed by atoms with Crippen LogP contribution in [-0.4, -0.2) is 18.0 Å². The van der Waals surface area contributed by atoms with Gasteiger partial charge in [0.1, 0.15) is 11.8 Å². The molecule has 7 nitrogen and oxygen atoms in total. The van der Waals surface area contributed by atoms with E-state index in [0.717, 1.165) is 18.8 Å². The van der Waals surface area contributed by atoms with E-state index in [2.05, 4.69) is 44.9 Å². The van der Waals surface area contributed by atoms with Crippen molar-refractivity contribution in [3.05, 3.63) is 56.5 Å². The summed E-state index contributed by atoms with van der Waals surface area (Å²) in [5.74, 6) is 0. The molecule has 0 aliphatic rings. The maximum absolute atomic E-state index is 10.9. The Bertz CT molecular complexity index is 839. The third-order valence-electron chi connectivity index (χ3n) is 3.62. The highest BCUT2D eigenvalue weighted by molar-refractivity contribution is 9.10. The van der Waals surface area contributed by atoms with Crippen molar-refractivity contribution in [3.63, 3.8) is 0 Å². The fourth-order valence-corrected chi connectivity index (χ4v) is 2.83. The molecule has 2 aromatic carbocycles. The highest BCUT2D eigenvalue weighted by atomic mass is 79.9. The first-order valence-electron chi connectivity index (χ1n) is 7.64. The van der Waals surface area contributed by atoms with Gasteiger partial charge in [0, 0.05) is 30.9 Å². The van der Waals surface area contributed by atoms with E-state index in [1.54, 1.807) is 0 Å². The summed E-state index contributed by atoms with van der Waals surface area (Å²) >= 11 is 3.21. The monoisotopic (exact) mass is 401 g/mol. The second kappa shape index (κ2) is 8.35. The van der Waals surface area contributed by atoms with E-state index in [0.29, 0.717) is 10.2 Å². The molecule has 8 heteroatoms. The Morgan fingerprint density at radius 3 is 2.36 bits per heavy atom. The van der Waals surface area contributed by atoms with Gasteiger partial charge in [-0.2, -0.15) is 10.4 Å². The van der Waals surface area contributed by atoms with E-state index in [1.807, 2.05) is 30.3 Å². The van der Waals surface area contributed by atoms with Crippen molar-refractivity contribution in [1.82, 2.24) is 0 Å². The van der Waals surface area contributed by atoms with Gasteiger partial charge in [-0.3, -0.25) is 10.1 Å². The molecule has 128 valence electrons. The molecule has 25 heavy (non-hydrogen) atoms. The normalized spacial score (nSPS) is 10.6. The first-order valence-corrected chi connectivity index (χ1v) is 8.44.